The molecule has 0 unspecified atom stereocenters. The van der Waals surface area contributed by atoms with Crippen molar-refractivity contribution in [3.8, 4) is 11.5 Å². The third kappa shape index (κ3) is 4.83. The molecule has 2 aromatic carbocycles. The van der Waals surface area contributed by atoms with E-state index >= 15 is 0 Å². The van der Waals surface area contributed by atoms with Crippen LogP contribution in [0.3, 0.4) is 0 Å². The summed E-state index contributed by atoms with van der Waals surface area (Å²) in [6.07, 6.45) is 3.26. The fourth-order valence-electron chi connectivity index (χ4n) is 2.66. The first-order valence-corrected chi connectivity index (χ1v) is 8.68. The van der Waals surface area contributed by atoms with E-state index in [-0.39, 0.29) is 29.2 Å². The molecule has 6 nitrogen and oxygen atoms in total. The molecule has 0 saturated heterocycles. The maximum atomic E-state index is 12.9. The second-order valence-corrected chi connectivity index (χ2v) is 6.00. The Kier molecular flexibility index (Phi) is 7.17. The molecular weight excluding hydrogens is 332 g/mol. The number of phenols is 2. The van der Waals surface area contributed by atoms with Gasteiger partial charge in [0.15, 0.2) is 0 Å². The molecule has 0 radical (unpaired) electrons. The number of hydrogen-bond donors (Lipinski definition) is 3. The lowest BCUT2D eigenvalue weighted by atomic mass is 10.1. The highest BCUT2D eigenvalue weighted by Gasteiger charge is 2.27. The van der Waals surface area contributed by atoms with Crippen LogP contribution in [0.15, 0.2) is 48.5 Å². The highest BCUT2D eigenvalue weighted by Crippen LogP contribution is 2.23. The van der Waals surface area contributed by atoms with Gasteiger partial charge in [0.2, 0.25) is 0 Å². The molecule has 0 bridgehead atoms. The second-order valence-electron chi connectivity index (χ2n) is 6.00. The number of imide groups is 1. The number of nitrogens with two attached hydrogens (primary N) is 1. The molecule has 2 aromatic rings. The lowest BCUT2D eigenvalue weighted by Gasteiger charge is -2.22. The highest BCUT2D eigenvalue weighted by atomic mass is 16.3. The van der Waals surface area contributed by atoms with E-state index in [1.54, 1.807) is 24.3 Å². The minimum absolute atomic E-state index is 0.0539. The van der Waals surface area contributed by atoms with Crippen molar-refractivity contribution < 1.29 is 19.8 Å². The third-order valence-corrected chi connectivity index (χ3v) is 4.10. The van der Waals surface area contributed by atoms with Crippen molar-refractivity contribution in [3.63, 3.8) is 0 Å². The average Bonchev–Trinajstić information content (AvgIpc) is 2.64. The fraction of sp³-hybridized carbons (Fsp3) is 0.300. The Bertz CT molecular complexity index is 703. The van der Waals surface area contributed by atoms with Crippen molar-refractivity contribution in [2.75, 3.05) is 13.1 Å². The summed E-state index contributed by atoms with van der Waals surface area (Å²) in [6.45, 7) is 0.808. The molecular formula is C20H24N2O4. The third-order valence-electron chi connectivity index (χ3n) is 4.10. The summed E-state index contributed by atoms with van der Waals surface area (Å²) >= 11 is 0. The molecule has 26 heavy (non-hydrogen) atoms. The van der Waals surface area contributed by atoms with Gasteiger partial charge in [0.05, 0.1) is 11.1 Å². The second kappa shape index (κ2) is 9.58. The first-order valence-electron chi connectivity index (χ1n) is 8.68. The first-order chi connectivity index (χ1) is 12.6. The van der Waals surface area contributed by atoms with Gasteiger partial charge >= 0.3 is 0 Å². The van der Waals surface area contributed by atoms with Crippen LogP contribution in [0.2, 0.25) is 0 Å². The zero-order valence-electron chi connectivity index (χ0n) is 14.6. The molecule has 0 fully saturated rings. The van der Waals surface area contributed by atoms with Gasteiger partial charge in [-0.3, -0.25) is 14.5 Å². The first kappa shape index (κ1) is 19.5. The summed E-state index contributed by atoms with van der Waals surface area (Å²) in [6, 6.07) is 12.2. The lowest BCUT2D eigenvalue weighted by Crippen LogP contribution is -2.37. The Labute approximate surface area is 152 Å². The van der Waals surface area contributed by atoms with Gasteiger partial charge in [0, 0.05) is 6.54 Å². The number of para-hydroxylation sites is 2. The Balaban J connectivity index is 2.24. The van der Waals surface area contributed by atoms with Crippen molar-refractivity contribution >= 4 is 11.8 Å². The van der Waals surface area contributed by atoms with Gasteiger partial charge in [-0.25, -0.2) is 0 Å². The molecule has 138 valence electrons. The number of hydrogen-bond acceptors (Lipinski definition) is 5. The normalized spacial score (nSPS) is 10.5. The zero-order valence-corrected chi connectivity index (χ0v) is 14.6. The van der Waals surface area contributed by atoms with E-state index in [9.17, 15) is 19.8 Å². The van der Waals surface area contributed by atoms with E-state index in [1.165, 1.54) is 24.3 Å². The number of aromatic hydroxyl groups is 2. The van der Waals surface area contributed by atoms with Crippen LogP contribution in [0.4, 0.5) is 0 Å². The molecule has 0 aliphatic rings. The molecule has 2 rings (SSSR count). The summed E-state index contributed by atoms with van der Waals surface area (Å²) < 4.78 is 0. The van der Waals surface area contributed by atoms with Gasteiger partial charge in [-0.2, -0.15) is 0 Å². The molecule has 0 atom stereocenters. The van der Waals surface area contributed by atoms with Crippen LogP contribution in [-0.4, -0.2) is 40.0 Å². The average molecular weight is 356 g/mol. The largest absolute Gasteiger partial charge is 0.507 e. The Morgan fingerprint density at radius 1 is 0.769 bits per heavy atom. The number of nitrogens with zero attached hydrogens (tertiary/aromatic N) is 1. The van der Waals surface area contributed by atoms with E-state index in [2.05, 4.69) is 0 Å². The van der Waals surface area contributed by atoms with Gasteiger partial charge in [-0.15, -0.1) is 0 Å². The Morgan fingerprint density at radius 3 is 1.69 bits per heavy atom. The van der Waals surface area contributed by atoms with Gasteiger partial charge in [0.25, 0.3) is 11.8 Å². The standard InChI is InChI=1S/C20H24N2O4/c21-13-7-1-2-8-14-22(19(25)15-9-3-5-11-17(15)23)20(26)16-10-4-6-12-18(16)24/h3-6,9-12,23-24H,1-2,7-8,13-14,21H2. The number of amides is 2. The zero-order chi connectivity index (χ0) is 18.9. The summed E-state index contributed by atoms with van der Waals surface area (Å²) in [7, 11) is 0. The van der Waals surface area contributed by atoms with E-state index in [0.29, 0.717) is 13.0 Å². The Morgan fingerprint density at radius 2 is 1.23 bits per heavy atom. The van der Waals surface area contributed by atoms with Crippen molar-refractivity contribution in [2.24, 2.45) is 5.73 Å². The van der Waals surface area contributed by atoms with Crippen molar-refractivity contribution in [1.29, 1.82) is 0 Å². The van der Waals surface area contributed by atoms with Gasteiger partial charge < -0.3 is 15.9 Å². The molecule has 0 aromatic heterocycles. The maximum Gasteiger partial charge on any atom is 0.264 e. The fourth-order valence-corrected chi connectivity index (χ4v) is 2.66. The molecule has 0 aliphatic carbocycles. The van der Waals surface area contributed by atoms with Crippen LogP contribution >= 0.6 is 0 Å². The summed E-state index contributed by atoms with van der Waals surface area (Å²) in [4.78, 5) is 26.8. The number of unbranched alkanes of at least 4 members (excludes halogenated alkanes) is 3. The maximum absolute atomic E-state index is 12.9. The predicted molar refractivity (Wildman–Crippen MR) is 99.1 cm³/mol. The predicted octanol–water partition coefficient (Wildman–Crippen LogP) is 2.90. The van der Waals surface area contributed by atoms with E-state index in [1.807, 2.05) is 0 Å². The van der Waals surface area contributed by atoms with Crippen LogP contribution in [-0.2, 0) is 0 Å². The minimum Gasteiger partial charge on any atom is -0.507 e. The van der Waals surface area contributed by atoms with Crippen LogP contribution in [0.25, 0.3) is 0 Å². The van der Waals surface area contributed by atoms with E-state index in [0.717, 1.165) is 24.2 Å². The topological polar surface area (TPSA) is 104 Å². The van der Waals surface area contributed by atoms with Gasteiger partial charge in [0.1, 0.15) is 11.5 Å². The molecule has 0 heterocycles. The SMILES string of the molecule is NCCCCCCN(C(=O)c1ccccc1O)C(=O)c1ccccc1O. The number of rotatable bonds is 8. The van der Waals surface area contributed by atoms with E-state index < -0.39 is 11.8 Å². The summed E-state index contributed by atoms with van der Waals surface area (Å²) in [5.74, 6) is -1.54. The minimum atomic E-state index is -0.588. The van der Waals surface area contributed by atoms with Crippen LogP contribution in [0, 0.1) is 0 Å². The number of phenolic OH excluding ortho intramolecular Hbond substituents is 2. The number of benzene rings is 2. The van der Waals surface area contributed by atoms with Crippen molar-refractivity contribution in [3.05, 3.63) is 59.7 Å². The molecule has 0 aliphatic heterocycles. The van der Waals surface area contributed by atoms with Crippen molar-refractivity contribution in [2.45, 2.75) is 25.7 Å². The summed E-state index contributed by atoms with van der Waals surface area (Å²) in [5.41, 5.74) is 5.59. The van der Waals surface area contributed by atoms with Gasteiger partial charge in [-0.05, 0) is 43.7 Å². The summed E-state index contributed by atoms with van der Waals surface area (Å²) in [5, 5.41) is 19.9. The molecule has 2 amide bonds. The quantitative estimate of drug-likeness (QED) is 0.498. The Hall–Kier alpha value is -2.86. The lowest BCUT2D eigenvalue weighted by molar-refractivity contribution is 0.0610. The van der Waals surface area contributed by atoms with Crippen LogP contribution in [0.1, 0.15) is 46.4 Å². The molecule has 0 saturated carbocycles. The molecule has 6 heteroatoms. The number of carbonyl (C=O) groups is 2. The molecule has 0 spiro atoms. The monoisotopic (exact) mass is 356 g/mol. The van der Waals surface area contributed by atoms with E-state index in [4.69, 9.17) is 5.73 Å². The van der Waals surface area contributed by atoms with Crippen LogP contribution in [0.5, 0.6) is 11.5 Å². The smallest absolute Gasteiger partial charge is 0.264 e. The molecule has 4 N–H and O–H groups in total. The highest BCUT2D eigenvalue weighted by molar-refractivity contribution is 6.12. The number of carbonyl (C=O) groups excluding carboxylic acids is 2. The van der Waals surface area contributed by atoms with Gasteiger partial charge in [-0.1, -0.05) is 37.1 Å². The van der Waals surface area contributed by atoms with Crippen LogP contribution < -0.4 is 5.73 Å². The van der Waals surface area contributed by atoms with Crippen molar-refractivity contribution in [1.82, 2.24) is 4.90 Å².